The van der Waals surface area contributed by atoms with Crippen molar-refractivity contribution in [3.63, 3.8) is 0 Å². The first kappa shape index (κ1) is 85.5. The lowest BCUT2D eigenvalue weighted by molar-refractivity contribution is -0.870. The van der Waals surface area contributed by atoms with E-state index in [0.717, 1.165) is 77.0 Å². The first-order valence-corrected chi connectivity index (χ1v) is 39.2. The quantitative estimate of drug-likeness (QED) is 0.0211. The highest BCUT2D eigenvalue weighted by Crippen LogP contribution is 2.43. The minimum Gasteiger partial charge on any atom is -0.462 e. The third-order valence-electron chi connectivity index (χ3n) is 16.7. The molecule has 0 heterocycles. The summed E-state index contributed by atoms with van der Waals surface area (Å²) >= 11 is 0. The third-order valence-corrected chi connectivity index (χ3v) is 17.7. The topological polar surface area (TPSA) is 108 Å². The Labute approximate surface area is 546 Å². The Morgan fingerprint density at radius 2 is 0.648 bits per heavy atom. The van der Waals surface area contributed by atoms with Crippen LogP contribution in [0.25, 0.3) is 0 Å². The van der Waals surface area contributed by atoms with Crippen molar-refractivity contribution in [1.29, 1.82) is 0 Å². The molecule has 0 amide bonds. The number of likely N-dealkylation sites (N-methyl/N-ethyl adjacent to an activating group) is 1. The lowest BCUT2D eigenvalue weighted by Gasteiger charge is -2.24. The van der Waals surface area contributed by atoms with Crippen LogP contribution >= 0.6 is 7.82 Å². The average molecular weight is 1260 g/mol. The first-order chi connectivity index (χ1) is 43.0. The van der Waals surface area contributed by atoms with Gasteiger partial charge in [0.1, 0.15) is 19.8 Å². The van der Waals surface area contributed by atoms with Crippen LogP contribution in [0.2, 0.25) is 0 Å². The molecule has 0 aromatic carbocycles. The van der Waals surface area contributed by atoms with Crippen molar-refractivity contribution < 1.29 is 42.1 Å². The van der Waals surface area contributed by atoms with Gasteiger partial charge in [-0.3, -0.25) is 18.6 Å². The van der Waals surface area contributed by atoms with Gasteiger partial charge in [-0.2, -0.15) is 0 Å². The Hall–Kier alpha value is -2.55. The number of nitrogens with zero attached hydrogens (tertiary/aromatic N) is 1. The molecule has 0 spiro atoms. The van der Waals surface area contributed by atoms with Crippen LogP contribution in [0.3, 0.4) is 0 Å². The average Bonchev–Trinajstić information content (AvgIpc) is 3.57. The number of carbonyl (C=O) groups is 2. The van der Waals surface area contributed by atoms with E-state index in [-0.39, 0.29) is 32.0 Å². The Balaban J connectivity index is 3.93. The van der Waals surface area contributed by atoms with E-state index < -0.39 is 26.5 Å². The van der Waals surface area contributed by atoms with Gasteiger partial charge in [-0.1, -0.05) is 337 Å². The molecule has 0 aliphatic carbocycles. The van der Waals surface area contributed by atoms with Crippen LogP contribution in [0.15, 0.2) is 72.9 Å². The molecule has 0 aliphatic rings. The van der Waals surface area contributed by atoms with E-state index in [0.29, 0.717) is 17.4 Å². The predicted molar refractivity (Wildman–Crippen MR) is 381 cm³/mol. The fourth-order valence-corrected chi connectivity index (χ4v) is 11.7. The maximum absolute atomic E-state index is 12.9. The molecule has 2 unspecified atom stereocenters. The molecule has 0 aliphatic heterocycles. The number of hydrogen-bond donors (Lipinski definition) is 1. The number of phosphoric ester groups is 1. The number of hydrogen-bond acceptors (Lipinski definition) is 7. The largest absolute Gasteiger partial charge is 0.472 e. The van der Waals surface area contributed by atoms with E-state index in [1.165, 1.54) is 250 Å². The Morgan fingerprint density at radius 1 is 0.364 bits per heavy atom. The monoisotopic (exact) mass is 1260 g/mol. The summed E-state index contributed by atoms with van der Waals surface area (Å²) < 4.78 is 34.7. The molecule has 2 atom stereocenters. The van der Waals surface area contributed by atoms with Crippen LogP contribution in [0.5, 0.6) is 0 Å². The summed E-state index contributed by atoms with van der Waals surface area (Å²) in [6.07, 6.45) is 93.3. The zero-order chi connectivity index (χ0) is 64.1. The van der Waals surface area contributed by atoms with Crippen molar-refractivity contribution in [2.75, 3.05) is 47.5 Å². The second-order valence-electron chi connectivity index (χ2n) is 26.7. The highest BCUT2D eigenvalue weighted by atomic mass is 31.2. The molecular weight excluding hydrogens is 1110 g/mol. The molecule has 88 heavy (non-hydrogen) atoms. The maximum Gasteiger partial charge on any atom is 0.472 e. The molecule has 1 N–H and O–H groups in total. The van der Waals surface area contributed by atoms with E-state index >= 15 is 0 Å². The number of carbonyl (C=O) groups excluding carboxylic acids is 2. The Morgan fingerprint density at radius 3 is 0.977 bits per heavy atom. The normalized spacial score (nSPS) is 13.5. The molecule has 0 aromatic heterocycles. The van der Waals surface area contributed by atoms with Gasteiger partial charge in [0.05, 0.1) is 27.7 Å². The third kappa shape index (κ3) is 72.5. The lowest BCUT2D eigenvalue weighted by Crippen LogP contribution is -2.37. The van der Waals surface area contributed by atoms with Gasteiger partial charge in [-0.05, 0) is 83.5 Å². The zero-order valence-electron chi connectivity index (χ0n) is 58.7. The molecule has 0 rings (SSSR count). The molecule has 514 valence electrons. The zero-order valence-corrected chi connectivity index (χ0v) is 59.6. The summed E-state index contributed by atoms with van der Waals surface area (Å²) in [5, 5.41) is 0. The molecule has 0 aromatic rings. The number of phosphoric acid groups is 1. The highest BCUT2D eigenvalue weighted by molar-refractivity contribution is 7.47. The number of quaternary nitrogens is 1. The van der Waals surface area contributed by atoms with Crippen LogP contribution in [0.1, 0.15) is 361 Å². The van der Waals surface area contributed by atoms with Crippen LogP contribution in [0.4, 0.5) is 0 Å². The van der Waals surface area contributed by atoms with E-state index in [2.05, 4.69) is 86.8 Å². The number of rotatable bonds is 70. The summed E-state index contributed by atoms with van der Waals surface area (Å²) in [6, 6.07) is 0. The number of esters is 2. The minimum atomic E-state index is -4.40. The van der Waals surface area contributed by atoms with Crippen LogP contribution in [-0.2, 0) is 32.7 Å². The van der Waals surface area contributed by atoms with Crippen molar-refractivity contribution in [1.82, 2.24) is 0 Å². The van der Waals surface area contributed by atoms with Gasteiger partial charge in [0, 0.05) is 12.8 Å². The van der Waals surface area contributed by atoms with E-state index in [9.17, 15) is 19.0 Å². The summed E-state index contributed by atoms with van der Waals surface area (Å²) in [7, 11) is 1.48. The number of unbranched alkanes of at least 4 members (excludes halogenated alkanes) is 44. The van der Waals surface area contributed by atoms with Crippen molar-refractivity contribution in [3.05, 3.63) is 72.9 Å². The number of ether oxygens (including phenoxy) is 2. The first-order valence-electron chi connectivity index (χ1n) is 37.7. The van der Waals surface area contributed by atoms with Gasteiger partial charge in [-0.15, -0.1) is 0 Å². The number of allylic oxidation sites excluding steroid dienone is 12. The fraction of sp³-hybridized carbons (Fsp3) is 0.821. The molecular formula is C78H145NO8P+. The van der Waals surface area contributed by atoms with Crippen molar-refractivity contribution in [3.8, 4) is 0 Å². The smallest absolute Gasteiger partial charge is 0.462 e. The summed E-state index contributed by atoms with van der Waals surface area (Å²) in [5.74, 6) is -0.791. The Kier molecular flexibility index (Phi) is 66.8. The lowest BCUT2D eigenvalue weighted by atomic mass is 10.0. The second kappa shape index (κ2) is 68.8. The molecule has 0 saturated carbocycles. The van der Waals surface area contributed by atoms with Gasteiger partial charge < -0.3 is 18.9 Å². The van der Waals surface area contributed by atoms with Gasteiger partial charge in [0.2, 0.25) is 0 Å². The van der Waals surface area contributed by atoms with Crippen LogP contribution in [0, 0.1) is 0 Å². The molecule has 10 heteroatoms. The summed E-state index contributed by atoms with van der Waals surface area (Å²) in [6.45, 7) is 4.36. The standard InChI is InChI=1S/C78H144NO8P/c1-6-8-10-12-14-16-18-20-22-24-26-28-30-32-33-34-35-36-37-38-39-40-41-42-43-44-45-47-48-50-52-54-56-58-60-62-64-66-68-70-77(80)84-74-76(75-86-88(82,83)85-73-72-79(3,4)5)87-78(81)71-69-67-65-63-61-59-57-55-53-51-49-46-31-29-27-25-23-21-19-17-15-13-11-9-7-2/h9,11,15,17,21,23-24,26-27,29,46,49,76H,6-8,10,12-14,16,18-20,22,25,28,30-45,47-48,50-75H2,1-5H3/p+1/b11-9-,17-15-,23-21-,26-24-,29-27-,49-46-. The van der Waals surface area contributed by atoms with Crippen LogP contribution in [-0.4, -0.2) is 74.9 Å². The van der Waals surface area contributed by atoms with Gasteiger partial charge >= 0.3 is 19.8 Å². The van der Waals surface area contributed by atoms with Crippen molar-refractivity contribution in [2.45, 2.75) is 367 Å². The highest BCUT2D eigenvalue weighted by Gasteiger charge is 2.27. The fourth-order valence-electron chi connectivity index (χ4n) is 11.0. The van der Waals surface area contributed by atoms with Crippen LogP contribution < -0.4 is 0 Å². The maximum atomic E-state index is 12.9. The van der Waals surface area contributed by atoms with E-state index in [4.69, 9.17) is 18.5 Å². The Bertz CT molecular complexity index is 1710. The van der Waals surface area contributed by atoms with E-state index in [1.807, 2.05) is 21.1 Å². The summed E-state index contributed by atoms with van der Waals surface area (Å²) in [5.41, 5.74) is 0. The van der Waals surface area contributed by atoms with Gasteiger partial charge in [-0.25, -0.2) is 4.57 Å². The molecule has 0 saturated heterocycles. The SMILES string of the molecule is CC/C=C\C/C=C\C/C=C\C/C=C\C/C=C\CCCCCCCCCCCC(=O)OC(COC(=O)CCCCCCCCCCCCCCCCCCCCCCCCCCCCC/C=C\CCCCCCCCCC)COP(=O)(O)OCC[N+](C)(C)C. The van der Waals surface area contributed by atoms with Crippen molar-refractivity contribution in [2.24, 2.45) is 0 Å². The molecule has 9 nitrogen and oxygen atoms in total. The molecule has 0 radical (unpaired) electrons. The van der Waals surface area contributed by atoms with Gasteiger partial charge in [0.15, 0.2) is 6.10 Å². The van der Waals surface area contributed by atoms with E-state index in [1.54, 1.807) is 0 Å². The molecule has 0 bridgehead atoms. The predicted octanol–water partition coefficient (Wildman–Crippen LogP) is 24.7. The van der Waals surface area contributed by atoms with Crippen molar-refractivity contribution >= 4 is 19.8 Å². The molecule has 0 fully saturated rings. The second-order valence-corrected chi connectivity index (χ2v) is 28.1. The summed E-state index contributed by atoms with van der Waals surface area (Å²) in [4.78, 5) is 35.9. The van der Waals surface area contributed by atoms with Gasteiger partial charge in [0.25, 0.3) is 0 Å². The minimum absolute atomic E-state index is 0.0294.